The number of rotatable bonds is 11. The maximum absolute atomic E-state index is 11.2. The summed E-state index contributed by atoms with van der Waals surface area (Å²) < 4.78 is 4.97. The van der Waals surface area contributed by atoms with Gasteiger partial charge >= 0.3 is 11.9 Å². The molecule has 0 radical (unpaired) electrons. The molecule has 4 heteroatoms. The van der Waals surface area contributed by atoms with Crippen LogP contribution in [0.1, 0.15) is 58.3 Å². The van der Waals surface area contributed by atoms with Crippen molar-refractivity contribution in [3.05, 3.63) is 12.2 Å². The third kappa shape index (κ3) is 12.7. The SMILES string of the molecule is CCCCCC=CCCOC(=O)CCCC(=O)O. The predicted molar refractivity (Wildman–Crippen MR) is 70.3 cm³/mol. The Bertz CT molecular complexity index is 259. The monoisotopic (exact) mass is 256 g/mol. The standard InChI is InChI=1S/C14H24O4/c1-2-3-4-5-6-7-8-12-18-14(17)11-9-10-13(15)16/h6-7H,2-5,8-12H2,1H3,(H,15,16). The highest BCUT2D eigenvalue weighted by atomic mass is 16.5. The highest BCUT2D eigenvalue weighted by molar-refractivity contribution is 5.71. The van der Waals surface area contributed by atoms with Gasteiger partial charge in [-0.1, -0.05) is 31.9 Å². The van der Waals surface area contributed by atoms with Crippen LogP contribution in [0.15, 0.2) is 12.2 Å². The van der Waals surface area contributed by atoms with Crippen molar-refractivity contribution in [2.24, 2.45) is 0 Å². The zero-order valence-electron chi connectivity index (χ0n) is 11.2. The molecule has 0 aliphatic carbocycles. The lowest BCUT2D eigenvalue weighted by Gasteiger charge is -2.01. The minimum atomic E-state index is -0.877. The van der Waals surface area contributed by atoms with E-state index in [1.54, 1.807) is 0 Å². The third-order valence-electron chi connectivity index (χ3n) is 2.46. The van der Waals surface area contributed by atoms with Crippen molar-refractivity contribution in [3.63, 3.8) is 0 Å². The summed E-state index contributed by atoms with van der Waals surface area (Å²) in [5, 5.41) is 8.40. The van der Waals surface area contributed by atoms with Crippen LogP contribution in [0, 0.1) is 0 Å². The quantitative estimate of drug-likeness (QED) is 0.350. The largest absolute Gasteiger partial charge is 0.481 e. The molecule has 0 aromatic carbocycles. The van der Waals surface area contributed by atoms with E-state index in [1.807, 2.05) is 6.08 Å². The second-order valence-electron chi connectivity index (χ2n) is 4.22. The summed E-state index contributed by atoms with van der Waals surface area (Å²) in [6.45, 7) is 2.56. The number of hydrogen-bond acceptors (Lipinski definition) is 3. The molecule has 0 fully saturated rings. The van der Waals surface area contributed by atoms with Crippen LogP contribution in [0.4, 0.5) is 0 Å². The van der Waals surface area contributed by atoms with Gasteiger partial charge in [-0.25, -0.2) is 0 Å². The van der Waals surface area contributed by atoms with Crippen molar-refractivity contribution in [1.82, 2.24) is 0 Å². The highest BCUT2D eigenvalue weighted by Gasteiger charge is 2.03. The molecule has 4 nitrogen and oxygen atoms in total. The van der Waals surface area contributed by atoms with Gasteiger partial charge in [-0.2, -0.15) is 0 Å². The average Bonchev–Trinajstić information content (AvgIpc) is 2.32. The van der Waals surface area contributed by atoms with E-state index in [-0.39, 0.29) is 18.8 Å². The van der Waals surface area contributed by atoms with Gasteiger partial charge in [0.05, 0.1) is 6.61 Å². The van der Waals surface area contributed by atoms with Crippen LogP contribution >= 0.6 is 0 Å². The molecule has 0 atom stereocenters. The lowest BCUT2D eigenvalue weighted by molar-refractivity contribution is -0.143. The molecular formula is C14H24O4. The number of ether oxygens (including phenoxy) is 1. The normalized spacial score (nSPS) is 10.7. The Morgan fingerprint density at radius 3 is 2.44 bits per heavy atom. The summed E-state index contributed by atoms with van der Waals surface area (Å²) in [5.41, 5.74) is 0. The highest BCUT2D eigenvalue weighted by Crippen LogP contribution is 2.01. The van der Waals surface area contributed by atoms with Crippen LogP contribution in [0.5, 0.6) is 0 Å². The Morgan fingerprint density at radius 2 is 1.78 bits per heavy atom. The topological polar surface area (TPSA) is 63.6 Å². The van der Waals surface area contributed by atoms with Gasteiger partial charge in [0.2, 0.25) is 0 Å². The Labute approximate surface area is 109 Å². The molecule has 18 heavy (non-hydrogen) atoms. The molecule has 0 aliphatic rings. The van der Waals surface area contributed by atoms with Gasteiger partial charge in [0.25, 0.3) is 0 Å². The molecule has 1 N–H and O–H groups in total. The van der Waals surface area contributed by atoms with Gasteiger partial charge in [0.1, 0.15) is 0 Å². The lowest BCUT2D eigenvalue weighted by atomic mass is 10.2. The van der Waals surface area contributed by atoms with Crippen LogP contribution in [0.2, 0.25) is 0 Å². The molecule has 0 saturated carbocycles. The molecule has 0 bridgehead atoms. The van der Waals surface area contributed by atoms with Crippen molar-refractivity contribution in [1.29, 1.82) is 0 Å². The van der Waals surface area contributed by atoms with E-state index in [0.717, 1.165) is 12.8 Å². The van der Waals surface area contributed by atoms with Crippen LogP contribution in [0.25, 0.3) is 0 Å². The second kappa shape index (κ2) is 12.1. The Kier molecular flexibility index (Phi) is 11.3. The van der Waals surface area contributed by atoms with Gasteiger partial charge in [-0.15, -0.1) is 0 Å². The lowest BCUT2D eigenvalue weighted by Crippen LogP contribution is -2.06. The Hall–Kier alpha value is -1.32. The van der Waals surface area contributed by atoms with Gasteiger partial charge in [-0.05, 0) is 25.7 Å². The maximum Gasteiger partial charge on any atom is 0.305 e. The van der Waals surface area contributed by atoms with E-state index >= 15 is 0 Å². The third-order valence-corrected chi connectivity index (χ3v) is 2.46. The maximum atomic E-state index is 11.2. The number of unbranched alkanes of at least 4 members (excludes halogenated alkanes) is 3. The summed E-state index contributed by atoms with van der Waals surface area (Å²) >= 11 is 0. The summed E-state index contributed by atoms with van der Waals surface area (Å²) in [4.78, 5) is 21.4. The van der Waals surface area contributed by atoms with E-state index in [0.29, 0.717) is 13.0 Å². The molecule has 0 aromatic heterocycles. The van der Waals surface area contributed by atoms with E-state index < -0.39 is 5.97 Å². The molecule has 0 amide bonds. The molecule has 0 rings (SSSR count). The number of hydrogen-bond donors (Lipinski definition) is 1. The first-order chi connectivity index (χ1) is 8.66. The average molecular weight is 256 g/mol. The van der Waals surface area contributed by atoms with Crippen molar-refractivity contribution >= 4 is 11.9 Å². The number of allylic oxidation sites excluding steroid dienone is 1. The van der Waals surface area contributed by atoms with E-state index in [1.165, 1.54) is 19.3 Å². The summed E-state index contributed by atoms with van der Waals surface area (Å²) in [5.74, 6) is -1.19. The molecule has 0 saturated heterocycles. The minimum absolute atomic E-state index is 0.0203. The van der Waals surface area contributed by atoms with Crippen LogP contribution in [0.3, 0.4) is 0 Å². The molecule has 0 spiro atoms. The Balaban J connectivity index is 3.31. The molecule has 0 unspecified atom stereocenters. The van der Waals surface area contributed by atoms with Gasteiger partial charge < -0.3 is 9.84 Å². The van der Waals surface area contributed by atoms with Crippen LogP contribution in [-0.4, -0.2) is 23.7 Å². The number of carbonyl (C=O) groups excluding carboxylic acids is 1. The zero-order chi connectivity index (χ0) is 13.6. The fourth-order valence-electron chi connectivity index (χ4n) is 1.44. The van der Waals surface area contributed by atoms with Crippen molar-refractivity contribution < 1.29 is 19.4 Å². The van der Waals surface area contributed by atoms with E-state index in [9.17, 15) is 9.59 Å². The molecule has 104 valence electrons. The number of esters is 1. The Morgan fingerprint density at radius 1 is 1.06 bits per heavy atom. The first kappa shape index (κ1) is 16.7. The molecule has 0 heterocycles. The first-order valence-electron chi connectivity index (χ1n) is 6.69. The predicted octanol–water partition coefficient (Wildman–Crippen LogP) is 3.31. The van der Waals surface area contributed by atoms with Crippen molar-refractivity contribution in [2.75, 3.05) is 6.61 Å². The van der Waals surface area contributed by atoms with Gasteiger partial charge in [0, 0.05) is 12.8 Å². The van der Waals surface area contributed by atoms with Crippen molar-refractivity contribution in [3.8, 4) is 0 Å². The van der Waals surface area contributed by atoms with E-state index in [2.05, 4.69) is 13.0 Å². The fraction of sp³-hybridized carbons (Fsp3) is 0.714. The number of carbonyl (C=O) groups is 2. The number of carboxylic acids is 1. The fourth-order valence-corrected chi connectivity index (χ4v) is 1.44. The summed E-state index contributed by atoms with van der Waals surface area (Å²) in [6.07, 6.45) is 10.2. The van der Waals surface area contributed by atoms with Crippen molar-refractivity contribution in [2.45, 2.75) is 58.3 Å². The molecule has 0 aliphatic heterocycles. The number of carboxylic acid groups (broad SMARTS) is 1. The molecule has 0 aromatic rings. The zero-order valence-corrected chi connectivity index (χ0v) is 11.2. The minimum Gasteiger partial charge on any atom is -0.481 e. The van der Waals surface area contributed by atoms with Crippen LogP contribution < -0.4 is 0 Å². The smallest absolute Gasteiger partial charge is 0.305 e. The second-order valence-corrected chi connectivity index (χ2v) is 4.22. The summed E-state index contributed by atoms with van der Waals surface area (Å²) in [6, 6.07) is 0. The number of aliphatic carboxylic acids is 1. The summed E-state index contributed by atoms with van der Waals surface area (Å²) in [7, 11) is 0. The van der Waals surface area contributed by atoms with Gasteiger partial charge in [-0.3, -0.25) is 9.59 Å². The van der Waals surface area contributed by atoms with Gasteiger partial charge in [0.15, 0.2) is 0 Å². The van der Waals surface area contributed by atoms with E-state index in [4.69, 9.17) is 9.84 Å². The van der Waals surface area contributed by atoms with Crippen LogP contribution in [-0.2, 0) is 14.3 Å². The molecular weight excluding hydrogens is 232 g/mol. The first-order valence-corrected chi connectivity index (χ1v) is 6.69.